The van der Waals surface area contributed by atoms with Crippen LogP contribution in [0.4, 0.5) is 10.5 Å². The first kappa shape index (κ1) is 19.9. The molecule has 3 amide bonds. The Labute approximate surface area is 165 Å². The van der Waals surface area contributed by atoms with Crippen LogP contribution in [0, 0.1) is 0 Å². The van der Waals surface area contributed by atoms with Crippen molar-refractivity contribution in [3.05, 3.63) is 42.0 Å². The van der Waals surface area contributed by atoms with Crippen LogP contribution < -0.4 is 10.2 Å². The lowest BCUT2D eigenvalue weighted by Gasteiger charge is -2.33. The van der Waals surface area contributed by atoms with Gasteiger partial charge >= 0.3 is 6.09 Å². The first-order valence-corrected chi connectivity index (χ1v) is 9.88. The van der Waals surface area contributed by atoms with Gasteiger partial charge in [-0.3, -0.25) is 14.5 Å². The Morgan fingerprint density at radius 2 is 2.04 bits per heavy atom. The van der Waals surface area contributed by atoms with Crippen molar-refractivity contribution in [1.82, 2.24) is 10.2 Å². The van der Waals surface area contributed by atoms with Crippen molar-refractivity contribution in [3.8, 4) is 0 Å². The van der Waals surface area contributed by atoms with Gasteiger partial charge in [-0.15, -0.1) is 0 Å². The summed E-state index contributed by atoms with van der Waals surface area (Å²) < 4.78 is 0. The van der Waals surface area contributed by atoms with Crippen LogP contribution in [0.25, 0.3) is 0 Å². The van der Waals surface area contributed by atoms with Gasteiger partial charge in [0.25, 0.3) is 5.91 Å². The fourth-order valence-electron chi connectivity index (χ4n) is 3.85. The fourth-order valence-corrected chi connectivity index (χ4v) is 3.85. The second-order valence-corrected chi connectivity index (χ2v) is 7.24. The number of para-hydroxylation sites is 1. The maximum atomic E-state index is 12.6. The molecule has 150 valence electrons. The Morgan fingerprint density at radius 1 is 1.25 bits per heavy atom. The predicted octanol–water partition coefficient (Wildman–Crippen LogP) is 2.56. The SMILES string of the molecule is CC[C@@H](C=CC(=O)N1CCc2ccccc21)NC(=O)[C@@H]1CCCCN1C(=O)O. The average Bonchev–Trinajstić information content (AvgIpc) is 3.15. The third-order valence-electron chi connectivity index (χ3n) is 5.44. The summed E-state index contributed by atoms with van der Waals surface area (Å²) >= 11 is 0. The van der Waals surface area contributed by atoms with Crippen molar-refractivity contribution in [3.63, 3.8) is 0 Å². The minimum Gasteiger partial charge on any atom is -0.465 e. The highest BCUT2D eigenvalue weighted by atomic mass is 16.4. The molecule has 7 heteroatoms. The normalized spacial score (nSPS) is 20.1. The summed E-state index contributed by atoms with van der Waals surface area (Å²) in [4.78, 5) is 39.5. The van der Waals surface area contributed by atoms with Gasteiger partial charge in [-0.25, -0.2) is 4.79 Å². The minimum atomic E-state index is -1.06. The van der Waals surface area contributed by atoms with E-state index in [0.29, 0.717) is 25.9 Å². The molecule has 0 aromatic heterocycles. The molecule has 0 bridgehead atoms. The first-order valence-electron chi connectivity index (χ1n) is 9.88. The van der Waals surface area contributed by atoms with E-state index in [2.05, 4.69) is 5.32 Å². The number of amides is 3. The molecule has 0 spiro atoms. The van der Waals surface area contributed by atoms with Crippen molar-refractivity contribution in [1.29, 1.82) is 0 Å². The molecule has 2 aliphatic heterocycles. The number of anilines is 1. The van der Waals surface area contributed by atoms with Gasteiger partial charge in [0.05, 0.1) is 0 Å². The molecule has 1 saturated heterocycles. The number of carbonyl (C=O) groups excluding carboxylic acids is 2. The van der Waals surface area contributed by atoms with E-state index in [-0.39, 0.29) is 17.9 Å². The number of carboxylic acid groups (broad SMARTS) is 1. The lowest BCUT2D eigenvalue weighted by Crippen LogP contribution is -2.53. The monoisotopic (exact) mass is 385 g/mol. The number of nitrogens with zero attached hydrogens (tertiary/aromatic N) is 2. The summed E-state index contributed by atoms with van der Waals surface area (Å²) in [6.45, 7) is 2.95. The third-order valence-corrected chi connectivity index (χ3v) is 5.44. The van der Waals surface area contributed by atoms with Crippen molar-refractivity contribution < 1.29 is 19.5 Å². The van der Waals surface area contributed by atoms with Gasteiger partial charge < -0.3 is 15.3 Å². The number of rotatable bonds is 5. The zero-order valence-corrected chi connectivity index (χ0v) is 16.1. The van der Waals surface area contributed by atoms with E-state index in [1.165, 1.54) is 11.0 Å². The van der Waals surface area contributed by atoms with Gasteiger partial charge in [0, 0.05) is 30.9 Å². The highest BCUT2D eigenvalue weighted by molar-refractivity contribution is 6.03. The summed E-state index contributed by atoms with van der Waals surface area (Å²) in [6, 6.07) is 6.89. The van der Waals surface area contributed by atoms with Crippen molar-refractivity contribution in [2.75, 3.05) is 18.0 Å². The summed E-state index contributed by atoms with van der Waals surface area (Å²) in [5, 5.41) is 12.2. The van der Waals surface area contributed by atoms with Crippen molar-refractivity contribution in [2.45, 2.75) is 51.1 Å². The molecule has 1 aromatic rings. The molecular weight excluding hydrogens is 358 g/mol. The van der Waals surface area contributed by atoms with Gasteiger partial charge in [0.2, 0.25) is 5.91 Å². The van der Waals surface area contributed by atoms with E-state index in [0.717, 1.165) is 30.5 Å². The van der Waals surface area contributed by atoms with Gasteiger partial charge in [-0.2, -0.15) is 0 Å². The molecular formula is C21H27N3O4. The second-order valence-electron chi connectivity index (χ2n) is 7.24. The summed E-state index contributed by atoms with van der Waals surface area (Å²) in [5.74, 6) is -0.403. The Balaban J connectivity index is 1.61. The highest BCUT2D eigenvalue weighted by Gasteiger charge is 2.32. The number of nitrogens with one attached hydrogen (secondary N) is 1. The molecule has 2 aliphatic rings. The molecule has 2 N–H and O–H groups in total. The molecule has 1 fully saturated rings. The van der Waals surface area contributed by atoms with Crippen LogP contribution in [0.15, 0.2) is 36.4 Å². The standard InChI is InChI=1S/C21H27N3O4/c1-2-16(22-20(26)18-9-5-6-13-24(18)21(27)28)10-11-19(25)23-14-12-15-7-3-4-8-17(15)23/h3-4,7-8,10-11,16,18H,2,5-6,9,12-14H2,1H3,(H,22,26)(H,27,28)/t16-,18-/m0/s1. The zero-order valence-electron chi connectivity index (χ0n) is 16.1. The zero-order chi connectivity index (χ0) is 20.1. The van der Waals surface area contributed by atoms with E-state index < -0.39 is 12.1 Å². The molecule has 28 heavy (non-hydrogen) atoms. The molecule has 0 aliphatic carbocycles. The van der Waals surface area contributed by atoms with Gasteiger partial charge in [-0.1, -0.05) is 31.2 Å². The smallest absolute Gasteiger partial charge is 0.407 e. The van der Waals surface area contributed by atoms with Crippen LogP contribution in [0.5, 0.6) is 0 Å². The molecule has 2 atom stereocenters. The number of carbonyl (C=O) groups is 3. The van der Waals surface area contributed by atoms with E-state index >= 15 is 0 Å². The van der Waals surface area contributed by atoms with Gasteiger partial charge in [0.1, 0.15) is 6.04 Å². The van der Waals surface area contributed by atoms with Crippen LogP contribution in [-0.2, 0) is 16.0 Å². The Kier molecular flexibility index (Phi) is 6.34. The fraction of sp³-hybridized carbons (Fsp3) is 0.476. The molecule has 2 heterocycles. The largest absolute Gasteiger partial charge is 0.465 e. The number of likely N-dealkylation sites (tertiary alicyclic amines) is 1. The van der Waals surface area contributed by atoms with Crippen LogP contribution in [0.3, 0.4) is 0 Å². The third kappa shape index (κ3) is 4.35. The quantitative estimate of drug-likeness (QED) is 0.762. The van der Waals surface area contributed by atoms with Gasteiger partial charge in [-0.05, 0) is 43.7 Å². The second kappa shape index (κ2) is 8.91. The Hall–Kier alpha value is -2.83. The Bertz CT molecular complexity index is 777. The summed E-state index contributed by atoms with van der Waals surface area (Å²) in [7, 11) is 0. The number of fused-ring (bicyclic) bond motifs is 1. The lowest BCUT2D eigenvalue weighted by molar-refractivity contribution is -0.127. The molecule has 0 unspecified atom stereocenters. The molecule has 7 nitrogen and oxygen atoms in total. The number of benzene rings is 1. The predicted molar refractivity (Wildman–Crippen MR) is 106 cm³/mol. The minimum absolute atomic E-state index is 0.109. The van der Waals surface area contributed by atoms with Gasteiger partial charge in [0.15, 0.2) is 0 Å². The first-order chi connectivity index (χ1) is 13.5. The topological polar surface area (TPSA) is 90.0 Å². The molecule has 0 radical (unpaired) electrons. The van der Waals surface area contributed by atoms with E-state index in [1.807, 2.05) is 31.2 Å². The van der Waals surface area contributed by atoms with E-state index in [9.17, 15) is 19.5 Å². The maximum absolute atomic E-state index is 12.6. The van der Waals surface area contributed by atoms with E-state index in [4.69, 9.17) is 0 Å². The summed E-state index contributed by atoms with van der Waals surface area (Å²) in [6.07, 6.45) is 5.75. The van der Waals surface area contributed by atoms with Crippen LogP contribution in [0.2, 0.25) is 0 Å². The van der Waals surface area contributed by atoms with Crippen LogP contribution in [0.1, 0.15) is 38.2 Å². The van der Waals surface area contributed by atoms with E-state index in [1.54, 1.807) is 11.0 Å². The van der Waals surface area contributed by atoms with Crippen molar-refractivity contribution >= 4 is 23.6 Å². The number of piperidine rings is 1. The molecule has 3 rings (SSSR count). The molecule has 0 saturated carbocycles. The van der Waals surface area contributed by atoms with Crippen LogP contribution >= 0.6 is 0 Å². The average molecular weight is 385 g/mol. The van der Waals surface area contributed by atoms with Crippen molar-refractivity contribution in [2.24, 2.45) is 0 Å². The Morgan fingerprint density at radius 3 is 2.79 bits per heavy atom. The maximum Gasteiger partial charge on any atom is 0.407 e. The summed E-state index contributed by atoms with van der Waals surface area (Å²) in [5.41, 5.74) is 2.10. The highest BCUT2D eigenvalue weighted by Crippen LogP contribution is 2.27. The lowest BCUT2D eigenvalue weighted by atomic mass is 10.0. The number of hydrogen-bond acceptors (Lipinski definition) is 3. The van der Waals surface area contributed by atoms with Crippen LogP contribution in [-0.4, -0.2) is 53.1 Å². The number of hydrogen-bond donors (Lipinski definition) is 2. The molecule has 1 aromatic carbocycles.